The molecule has 0 aliphatic heterocycles. The molecule has 1 aromatic carbocycles. The minimum atomic E-state index is -3.58. The van der Waals surface area contributed by atoms with Gasteiger partial charge in [0.15, 0.2) is 9.84 Å². The molecule has 0 bridgehead atoms. The van der Waals surface area contributed by atoms with E-state index in [1.165, 1.54) is 6.07 Å². The highest BCUT2D eigenvalue weighted by molar-refractivity contribution is 7.93. The van der Waals surface area contributed by atoms with Gasteiger partial charge in [0, 0.05) is 23.5 Å². The predicted molar refractivity (Wildman–Crippen MR) is 154 cm³/mol. The van der Waals surface area contributed by atoms with Gasteiger partial charge in [-0.05, 0) is 60.1 Å². The number of hydrogen-bond donors (Lipinski definition) is 2. The van der Waals surface area contributed by atoms with Gasteiger partial charge in [0.05, 0.1) is 18.0 Å². The summed E-state index contributed by atoms with van der Waals surface area (Å²) in [6.07, 6.45) is 1.44. The summed E-state index contributed by atoms with van der Waals surface area (Å²) < 4.78 is 34.1. The van der Waals surface area contributed by atoms with Gasteiger partial charge in [-0.15, -0.1) is 0 Å². The third-order valence-electron chi connectivity index (χ3n) is 5.20. The lowest BCUT2D eigenvalue weighted by atomic mass is 10.1. The number of para-hydroxylation sites is 1. The van der Waals surface area contributed by atoms with Crippen LogP contribution in [0.25, 0.3) is 10.9 Å². The van der Waals surface area contributed by atoms with Crippen molar-refractivity contribution < 1.29 is 37.1 Å². The standard InChI is InChI=1S/C29H39N3O8S/c1-28(2,3)39-24(33)15-14-23(32-27(36)22-13-12-19-10-8-9-11-21(19)31-22)26(35)30-20(16-17-41(7,37)38)18-25(34)40-29(4,5)6/h8-13,16-17,20,23H,14-15,18H2,1-7H3,(H,30,35)(H,32,36)/t20-,23+/m1/s1. The Labute approximate surface area is 241 Å². The summed E-state index contributed by atoms with van der Waals surface area (Å²) in [6, 6.07) is 8.13. The third-order valence-corrected chi connectivity index (χ3v) is 5.85. The Bertz CT molecular complexity index is 1410. The molecule has 12 heteroatoms. The molecule has 1 heterocycles. The maximum atomic E-state index is 13.4. The van der Waals surface area contributed by atoms with E-state index in [4.69, 9.17) is 9.47 Å². The van der Waals surface area contributed by atoms with Crippen LogP contribution in [0.5, 0.6) is 0 Å². The molecule has 41 heavy (non-hydrogen) atoms. The first-order chi connectivity index (χ1) is 18.8. The van der Waals surface area contributed by atoms with Crippen molar-refractivity contribution >= 4 is 44.5 Å². The normalized spacial score (nSPS) is 13.8. The lowest BCUT2D eigenvalue weighted by molar-refractivity contribution is -0.156. The highest BCUT2D eigenvalue weighted by Crippen LogP contribution is 2.14. The quantitative estimate of drug-likeness (QED) is 0.375. The van der Waals surface area contributed by atoms with E-state index in [9.17, 15) is 27.6 Å². The number of benzene rings is 1. The smallest absolute Gasteiger partial charge is 0.308 e. The molecule has 0 aliphatic rings. The van der Waals surface area contributed by atoms with Gasteiger partial charge in [-0.25, -0.2) is 13.4 Å². The second-order valence-electron chi connectivity index (χ2n) is 11.6. The average molecular weight is 590 g/mol. The molecule has 2 amide bonds. The van der Waals surface area contributed by atoms with Crippen LogP contribution in [-0.2, 0) is 33.7 Å². The Morgan fingerprint density at radius 2 is 1.51 bits per heavy atom. The Morgan fingerprint density at radius 3 is 2.12 bits per heavy atom. The van der Waals surface area contributed by atoms with E-state index in [0.29, 0.717) is 5.52 Å². The van der Waals surface area contributed by atoms with Crippen molar-refractivity contribution in [2.24, 2.45) is 0 Å². The molecule has 2 N–H and O–H groups in total. The largest absolute Gasteiger partial charge is 0.460 e. The van der Waals surface area contributed by atoms with Crippen molar-refractivity contribution in [3.05, 3.63) is 53.6 Å². The summed E-state index contributed by atoms with van der Waals surface area (Å²) >= 11 is 0. The molecule has 2 aromatic rings. The van der Waals surface area contributed by atoms with Crippen LogP contribution >= 0.6 is 0 Å². The van der Waals surface area contributed by atoms with Gasteiger partial charge >= 0.3 is 11.9 Å². The minimum Gasteiger partial charge on any atom is -0.460 e. The van der Waals surface area contributed by atoms with Crippen LogP contribution in [0.2, 0.25) is 0 Å². The van der Waals surface area contributed by atoms with Gasteiger partial charge in [-0.2, -0.15) is 0 Å². The number of hydrogen-bond acceptors (Lipinski definition) is 9. The molecule has 0 radical (unpaired) electrons. The maximum absolute atomic E-state index is 13.4. The van der Waals surface area contributed by atoms with Gasteiger partial charge in [-0.1, -0.05) is 30.3 Å². The minimum absolute atomic E-state index is 0.0565. The molecule has 2 rings (SSSR count). The number of sulfone groups is 1. The van der Waals surface area contributed by atoms with Crippen molar-refractivity contribution in [1.82, 2.24) is 15.6 Å². The number of ether oxygens (including phenoxy) is 2. The number of amides is 2. The van der Waals surface area contributed by atoms with Crippen LogP contribution in [0, 0.1) is 0 Å². The van der Waals surface area contributed by atoms with Crippen molar-refractivity contribution in [1.29, 1.82) is 0 Å². The van der Waals surface area contributed by atoms with Gasteiger partial charge in [0.2, 0.25) is 5.91 Å². The number of esters is 2. The Kier molecular flexibility index (Phi) is 11.2. The first-order valence-electron chi connectivity index (χ1n) is 13.1. The van der Waals surface area contributed by atoms with E-state index in [-0.39, 0.29) is 25.0 Å². The summed E-state index contributed by atoms with van der Waals surface area (Å²) in [5.74, 6) is -2.64. The van der Waals surface area contributed by atoms with Crippen LogP contribution in [0.4, 0.5) is 0 Å². The van der Waals surface area contributed by atoms with Crippen molar-refractivity contribution in [3.8, 4) is 0 Å². The zero-order chi connectivity index (χ0) is 31.0. The Balaban J connectivity index is 2.30. The molecule has 2 atom stereocenters. The molecule has 11 nitrogen and oxygen atoms in total. The first kappa shape index (κ1) is 33.4. The van der Waals surface area contributed by atoms with E-state index in [2.05, 4.69) is 15.6 Å². The van der Waals surface area contributed by atoms with Crippen molar-refractivity contribution in [2.45, 2.75) is 84.1 Å². The molecule has 0 aliphatic carbocycles. The number of nitrogens with one attached hydrogen (secondary N) is 2. The summed E-state index contributed by atoms with van der Waals surface area (Å²) in [5, 5.41) is 6.89. The number of carbonyl (C=O) groups excluding carboxylic acids is 4. The molecule has 1 aromatic heterocycles. The molecule has 0 unspecified atom stereocenters. The molecule has 0 spiro atoms. The van der Waals surface area contributed by atoms with Gasteiger partial charge < -0.3 is 20.1 Å². The van der Waals surface area contributed by atoms with E-state index >= 15 is 0 Å². The summed E-state index contributed by atoms with van der Waals surface area (Å²) in [7, 11) is -3.58. The van der Waals surface area contributed by atoms with Crippen molar-refractivity contribution in [2.75, 3.05) is 6.26 Å². The molecule has 0 fully saturated rings. The second-order valence-corrected chi connectivity index (χ2v) is 13.5. The predicted octanol–water partition coefficient (Wildman–Crippen LogP) is 3.23. The number of rotatable bonds is 11. The van der Waals surface area contributed by atoms with Gasteiger partial charge in [-0.3, -0.25) is 19.2 Å². The average Bonchev–Trinajstić information content (AvgIpc) is 2.81. The van der Waals surface area contributed by atoms with Crippen molar-refractivity contribution in [3.63, 3.8) is 0 Å². The van der Waals surface area contributed by atoms with E-state index in [1.54, 1.807) is 59.7 Å². The summed E-state index contributed by atoms with van der Waals surface area (Å²) in [6.45, 7) is 10.1. The highest BCUT2D eigenvalue weighted by Gasteiger charge is 2.28. The second kappa shape index (κ2) is 13.7. The fraction of sp³-hybridized carbons (Fsp3) is 0.483. The van der Waals surface area contributed by atoms with E-state index < -0.39 is 56.9 Å². The van der Waals surface area contributed by atoms with Crippen LogP contribution < -0.4 is 10.6 Å². The lowest BCUT2D eigenvalue weighted by Gasteiger charge is -2.24. The molecule has 0 saturated carbocycles. The summed E-state index contributed by atoms with van der Waals surface area (Å²) in [4.78, 5) is 55.7. The number of nitrogens with zero attached hydrogens (tertiary/aromatic N) is 1. The molecular formula is C29H39N3O8S. The van der Waals surface area contributed by atoms with Gasteiger partial charge in [0.1, 0.15) is 22.9 Å². The lowest BCUT2D eigenvalue weighted by Crippen LogP contribution is -2.50. The number of carbonyl (C=O) groups is 4. The zero-order valence-corrected chi connectivity index (χ0v) is 25.3. The van der Waals surface area contributed by atoms with Gasteiger partial charge in [0.25, 0.3) is 5.91 Å². The van der Waals surface area contributed by atoms with Crippen LogP contribution in [0.1, 0.15) is 71.3 Å². The highest BCUT2D eigenvalue weighted by atomic mass is 32.2. The topological polar surface area (TPSA) is 158 Å². The Morgan fingerprint density at radius 1 is 0.902 bits per heavy atom. The van der Waals surface area contributed by atoms with Crippen LogP contribution in [-0.4, -0.2) is 66.7 Å². The van der Waals surface area contributed by atoms with Crippen LogP contribution in [0.3, 0.4) is 0 Å². The SMILES string of the molecule is CC(C)(C)OC(=O)CC[C@H](NC(=O)c1ccc2ccccc2n1)C(=O)N[C@H](C=CS(C)(=O)=O)CC(=O)OC(C)(C)C. The molecule has 0 saturated heterocycles. The third kappa shape index (κ3) is 12.9. The fourth-order valence-electron chi connectivity index (χ4n) is 3.60. The Hall–Kier alpha value is -3.80. The molecular weight excluding hydrogens is 550 g/mol. The van der Waals surface area contributed by atoms with E-state index in [1.807, 2.05) is 12.1 Å². The number of fused-ring (bicyclic) bond motifs is 1. The van der Waals surface area contributed by atoms with E-state index in [0.717, 1.165) is 23.1 Å². The summed E-state index contributed by atoms with van der Waals surface area (Å²) in [5.41, 5.74) is -0.912. The number of pyridine rings is 1. The number of aromatic nitrogens is 1. The monoisotopic (exact) mass is 589 g/mol. The fourth-order valence-corrected chi connectivity index (χ4v) is 4.07. The first-order valence-corrected chi connectivity index (χ1v) is 15.1. The van der Waals surface area contributed by atoms with Crippen LogP contribution in [0.15, 0.2) is 47.9 Å². The zero-order valence-electron chi connectivity index (χ0n) is 24.5. The molecule has 224 valence electrons. The maximum Gasteiger partial charge on any atom is 0.308 e.